The number of sulfonamides is 1. The third-order valence-corrected chi connectivity index (χ3v) is 7.75. The van der Waals surface area contributed by atoms with Crippen molar-refractivity contribution in [3.05, 3.63) is 83.5 Å². The first kappa shape index (κ1) is 22.6. The predicted molar refractivity (Wildman–Crippen MR) is 130 cm³/mol. The van der Waals surface area contributed by atoms with E-state index in [-0.39, 0.29) is 4.90 Å². The Hall–Kier alpha value is -2.61. The van der Waals surface area contributed by atoms with Crippen molar-refractivity contribution in [2.24, 2.45) is 0 Å². The molecule has 1 aliphatic heterocycles. The lowest BCUT2D eigenvalue weighted by atomic mass is 10.2. The van der Waals surface area contributed by atoms with Crippen molar-refractivity contribution in [3.8, 4) is 0 Å². The van der Waals surface area contributed by atoms with E-state index in [1.165, 1.54) is 16.1 Å². The van der Waals surface area contributed by atoms with Crippen molar-refractivity contribution < 1.29 is 8.42 Å². The van der Waals surface area contributed by atoms with E-state index in [0.717, 1.165) is 43.6 Å². The van der Waals surface area contributed by atoms with Gasteiger partial charge < -0.3 is 4.90 Å². The molecule has 1 aliphatic rings. The fourth-order valence-electron chi connectivity index (χ4n) is 3.95. The summed E-state index contributed by atoms with van der Waals surface area (Å²) in [6.45, 7) is 6.54. The zero-order chi connectivity index (χ0) is 22.6. The lowest BCUT2D eigenvalue weighted by molar-refractivity contribution is 0.249. The van der Waals surface area contributed by atoms with E-state index in [4.69, 9.17) is 11.6 Å². The highest BCUT2D eigenvalue weighted by Crippen LogP contribution is 2.24. The molecule has 0 spiro atoms. The Labute approximate surface area is 195 Å². The fraction of sp³-hybridized carbons (Fsp3) is 0.292. The van der Waals surface area contributed by atoms with Crippen molar-refractivity contribution in [2.75, 3.05) is 41.9 Å². The number of pyridine rings is 1. The Balaban J connectivity index is 1.41. The second kappa shape index (κ2) is 9.90. The smallest absolute Gasteiger partial charge is 0.265 e. The number of rotatable bonds is 7. The minimum absolute atomic E-state index is 0.201. The summed E-state index contributed by atoms with van der Waals surface area (Å²) in [4.78, 5) is 9.27. The topological polar surface area (TPSA) is 56.8 Å². The quantitative estimate of drug-likeness (QED) is 0.516. The number of aromatic nitrogens is 1. The molecule has 3 aromatic rings. The molecule has 0 bridgehead atoms. The van der Waals surface area contributed by atoms with Crippen molar-refractivity contribution in [2.45, 2.75) is 18.4 Å². The Morgan fingerprint density at radius 3 is 2.34 bits per heavy atom. The van der Waals surface area contributed by atoms with Crippen LogP contribution in [0.5, 0.6) is 0 Å². The second-order valence-electron chi connectivity index (χ2n) is 7.75. The Kier molecular flexibility index (Phi) is 6.98. The van der Waals surface area contributed by atoms with E-state index in [1.54, 1.807) is 24.3 Å². The summed E-state index contributed by atoms with van der Waals surface area (Å²) in [5.41, 5.74) is 1.85. The van der Waals surface area contributed by atoms with E-state index in [1.807, 2.05) is 43.3 Å². The predicted octanol–water partition coefficient (Wildman–Crippen LogP) is 4.27. The van der Waals surface area contributed by atoms with Crippen LogP contribution in [0.1, 0.15) is 12.5 Å². The SMILES string of the molecule is CCN(c1ccccc1)S(=O)(=O)c1ccc(N2CCN(Cc3cccc(Cl)c3)CC2)nc1. The average Bonchev–Trinajstić information content (AvgIpc) is 2.81. The molecule has 1 saturated heterocycles. The molecule has 2 aromatic carbocycles. The first-order chi connectivity index (χ1) is 15.5. The molecule has 8 heteroatoms. The summed E-state index contributed by atoms with van der Waals surface area (Å²) in [7, 11) is -3.67. The monoisotopic (exact) mass is 470 g/mol. The van der Waals surface area contributed by atoms with Crippen LogP contribution in [-0.4, -0.2) is 51.0 Å². The summed E-state index contributed by atoms with van der Waals surface area (Å²) in [6, 6.07) is 20.6. The van der Waals surface area contributed by atoms with E-state index < -0.39 is 10.0 Å². The summed E-state index contributed by atoms with van der Waals surface area (Å²) < 4.78 is 27.7. The minimum atomic E-state index is -3.67. The van der Waals surface area contributed by atoms with E-state index in [0.29, 0.717) is 12.2 Å². The van der Waals surface area contributed by atoms with Gasteiger partial charge in [-0.25, -0.2) is 13.4 Å². The van der Waals surface area contributed by atoms with Crippen LogP contribution in [0.4, 0.5) is 11.5 Å². The summed E-state index contributed by atoms with van der Waals surface area (Å²) in [5, 5.41) is 0.759. The molecule has 0 unspecified atom stereocenters. The van der Waals surface area contributed by atoms with Crippen LogP contribution in [0.2, 0.25) is 5.02 Å². The highest BCUT2D eigenvalue weighted by Gasteiger charge is 2.25. The van der Waals surface area contributed by atoms with Crippen molar-refractivity contribution in [1.29, 1.82) is 0 Å². The molecule has 6 nitrogen and oxygen atoms in total. The fourth-order valence-corrected chi connectivity index (χ4v) is 5.59. The van der Waals surface area contributed by atoms with Crippen LogP contribution in [0.15, 0.2) is 77.8 Å². The van der Waals surface area contributed by atoms with Crippen LogP contribution in [-0.2, 0) is 16.6 Å². The number of nitrogens with zero attached hydrogens (tertiary/aromatic N) is 4. The number of anilines is 2. The molecule has 1 aromatic heterocycles. The molecule has 1 fully saturated rings. The van der Waals surface area contributed by atoms with Crippen molar-refractivity contribution in [3.63, 3.8) is 0 Å². The van der Waals surface area contributed by atoms with Gasteiger partial charge in [-0.3, -0.25) is 9.21 Å². The summed E-state index contributed by atoms with van der Waals surface area (Å²) >= 11 is 6.09. The van der Waals surface area contributed by atoms with Gasteiger partial charge in [0.25, 0.3) is 10.0 Å². The van der Waals surface area contributed by atoms with Gasteiger partial charge in [-0.1, -0.05) is 41.9 Å². The Bertz CT molecular complexity index is 1130. The zero-order valence-corrected chi connectivity index (χ0v) is 19.6. The maximum atomic E-state index is 13.1. The molecular weight excluding hydrogens is 444 g/mol. The van der Waals surface area contributed by atoms with Crippen LogP contribution in [0.25, 0.3) is 0 Å². The van der Waals surface area contributed by atoms with Gasteiger partial charge in [0.05, 0.1) is 5.69 Å². The van der Waals surface area contributed by atoms with Gasteiger partial charge in [0.2, 0.25) is 0 Å². The molecule has 0 aliphatic carbocycles. The van der Waals surface area contributed by atoms with Crippen LogP contribution < -0.4 is 9.21 Å². The number of hydrogen-bond acceptors (Lipinski definition) is 5. The van der Waals surface area contributed by atoms with E-state index in [2.05, 4.69) is 20.9 Å². The van der Waals surface area contributed by atoms with Gasteiger partial charge in [-0.2, -0.15) is 0 Å². The van der Waals surface area contributed by atoms with Gasteiger partial charge in [0.1, 0.15) is 10.7 Å². The van der Waals surface area contributed by atoms with Gasteiger partial charge in [0.15, 0.2) is 0 Å². The number of benzene rings is 2. The van der Waals surface area contributed by atoms with E-state index in [9.17, 15) is 8.42 Å². The molecule has 168 valence electrons. The standard InChI is InChI=1S/C24H27ClN4O2S/c1-2-29(22-9-4-3-5-10-22)32(30,31)23-11-12-24(26-18-23)28-15-13-27(14-16-28)19-20-7-6-8-21(25)17-20/h3-12,17-18H,2,13-16,19H2,1H3. The lowest BCUT2D eigenvalue weighted by Gasteiger charge is -2.35. The zero-order valence-electron chi connectivity index (χ0n) is 18.1. The highest BCUT2D eigenvalue weighted by atomic mass is 35.5. The normalized spacial score (nSPS) is 15.0. The van der Waals surface area contributed by atoms with E-state index >= 15 is 0 Å². The molecule has 0 atom stereocenters. The van der Waals surface area contributed by atoms with Gasteiger partial charge in [0, 0.05) is 50.5 Å². The number of halogens is 1. The molecule has 32 heavy (non-hydrogen) atoms. The summed E-state index contributed by atoms with van der Waals surface area (Å²) in [6.07, 6.45) is 1.47. The highest BCUT2D eigenvalue weighted by molar-refractivity contribution is 7.92. The molecule has 0 radical (unpaired) electrons. The maximum Gasteiger partial charge on any atom is 0.265 e. The van der Waals surface area contributed by atoms with Crippen molar-refractivity contribution in [1.82, 2.24) is 9.88 Å². The maximum absolute atomic E-state index is 13.1. The molecule has 2 heterocycles. The lowest BCUT2D eigenvalue weighted by Crippen LogP contribution is -2.46. The van der Waals surface area contributed by atoms with Crippen molar-refractivity contribution >= 4 is 33.1 Å². The third kappa shape index (κ3) is 5.06. The largest absolute Gasteiger partial charge is 0.354 e. The molecular formula is C24H27ClN4O2S. The average molecular weight is 471 g/mol. The van der Waals surface area contributed by atoms with Gasteiger partial charge in [-0.05, 0) is 48.9 Å². The Morgan fingerprint density at radius 2 is 1.72 bits per heavy atom. The molecule has 4 rings (SSSR count). The van der Waals surface area contributed by atoms with Gasteiger partial charge in [-0.15, -0.1) is 0 Å². The molecule has 0 amide bonds. The first-order valence-electron chi connectivity index (χ1n) is 10.7. The number of hydrogen-bond donors (Lipinski definition) is 0. The van der Waals surface area contributed by atoms with Crippen LogP contribution >= 0.6 is 11.6 Å². The summed E-state index contributed by atoms with van der Waals surface area (Å²) in [5.74, 6) is 0.800. The molecule has 0 N–H and O–H groups in total. The first-order valence-corrected chi connectivity index (χ1v) is 12.5. The Morgan fingerprint density at radius 1 is 0.969 bits per heavy atom. The van der Waals surface area contributed by atoms with Crippen LogP contribution in [0.3, 0.4) is 0 Å². The minimum Gasteiger partial charge on any atom is -0.354 e. The number of piperazine rings is 1. The number of para-hydroxylation sites is 1. The second-order valence-corrected chi connectivity index (χ2v) is 10.0. The molecule has 0 saturated carbocycles. The van der Waals surface area contributed by atoms with Crippen LogP contribution in [0, 0.1) is 0 Å². The van der Waals surface area contributed by atoms with Gasteiger partial charge >= 0.3 is 0 Å². The third-order valence-electron chi connectivity index (χ3n) is 5.63.